The average Bonchev–Trinajstić information content (AvgIpc) is 1.88. The van der Waals surface area contributed by atoms with Crippen LogP contribution in [0.3, 0.4) is 0 Å². The Morgan fingerprint density at radius 1 is 1.70 bits per heavy atom. The third kappa shape index (κ3) is 1.28. The molecule has 1 rings (SSSR count). The van der Waals surface area contributed by atoms with Crippen LogP contribution >= 0.6 is 0 Å². The summed E-state index contributed by atoms with van der Waals surface area (Å²) in [4.78, 5) is 7.77. The topological polar surface area (TPSA) is 75.7 Å². The van der Waals surface area contributed by atoms with Gasteiger partial charge in [0.2, 0.25) is 0 Å². The number of aromatic nitrogens is 2. The van der Waals surface area contributed by atoms with Crippen molar-refractivity contribution in [3.8, 4) is 0 Å². The maximum absolute atomic E-state index is 7.02. The van der Waals surface area contributed by atoms with E-state index in [1.165, 1.54) is 0 Å². The molecule has 0 fully saturated rings. The number of aryl methyl sites for hydroxylation is 1. The van der Waals surface area contributed by atoms with Gasteiger partial charge in [-0.2, -0.15) is 0 Å². The Bertz CT molecular complexity index is 256. The zero-order valence-electron chi connectivity index (χ0n) is 5.63. The first-order valence-corrected chi connectivity index (χ1v) is 2.84. The maximum Gasteiger partial charge on any atom is 0.141 e. The molecule has 0 saturated heterocycles. The Labute approximate surface area is 58.6 Å². The largest absolute Gasteiger partial charge is 0.382 e. The highest BCUT2D eigenvalue weighted by Crippen LogP contribution is 1.91. The minimum atomic E-state index is -0.0227. The Hall–Kier alpha value is -1.45. The van der Waals surface area contributed by atoms with Gasteiger partial charge in [0.1, 0.15) is 17.4 Å². The molecule has 0 saturated carbocycles. The minimum absolute atomic E-state index is 0.0227. The van der Waals surface area contributed by atoms with E-state index in [0.717, 1.165) is 0 Å². The lowest BCUT2D eigenvalue weighted by molar-refractivity contribution is 1.04. The number of nitrogens with two attached hydrogens (primary N) is 1. The van der Waals surface area contributed by atoms with Gasteiger partial charge >= 0.3 is 0 Å². The van der Waals surface area contributed by atoms with E-state index in [-0.39, 0.29) is 5.84 Å². The highest BCUT2D eigenvalue weighted by Gasteiger charge is 1.95. The van der Waals surface area contributed by atoms with Crippen molar-refractivity contribution in [1.29, 1.82) is 5.41 Å². The van der Waals surface area contributed by atoms with E-state index in [4.69, 9.17) is 11.1 Å². The van der Waals surface area contributed by atoms with E-state index in [2.05, 4.69) is 9.97 Å². The van der Waals surface area contributed by atoms with Crippen molar-refractivity contribution < 1.29 is 0 Å². The normalized spacial score (nSPS) is 9.30. The smallest absolute Gasteiger partial charge is 0.141 e. The van der Waals surface area contributed by atoms with Crippen molar-refractivity contribution in [2.24, 2.45) is 5.73 Å². The quantitative estimate of drug-likeness (QED) is 0.423. The number of nitrogen functional groups attached to an aromatic ring is 1. The second-order valence-corrected chi connectivity index (χ2v) is 1.90. The Morgan fingerprint density at radius 2 is 2.40 bits per heavy atom. The van der Waals surface area contributed by atoms with Crippen LogP contribution in [0.1, 0.15) is 11.5 Å². The van der Waals surface area contributed by atoms with E-state index in [1.807, 2.05) is 0 Å². The van der Waals surface area contributed by atoms with E-state index >= 15 is 0 Å². The number of nitrogens with one attached hydrogen (secondary N) is 1. The van der Waals surface area contributed by atoms with Crippen LogP contribution in [-0.2, 0) is 0 Å². The number of rotatable bonds is 1. The SMILES string of the molecule is Cc1nccc(C(=N)N)n1. The molecule has 52 valence electrons. The van der Waals surface area contributed by atoms with Crippen LogP contribution in [0.25, 0.3) is 0 Å². The predicted octanol–water partition coefficient (Wildman–Crippen LogP) is 0.0691. The Morgan fingerprint density at radius 3 is 2.80 bits per heavy atom. The molecule has 10 heavy (non-hydrogen) atoms. The van der Waals surface area contributed by atoms with Crippen molar-refractivity contribution in [3.05, 3.63) is 23.8 Å². The molecule has 0 spiro atoms. The molecule has 0 aromatic carbocycles. The first kappa shape index (κ1) is 6.67. The van der Waals surface area contributed by atoms with E-state index in [1.54, 1.807) is 19.2 Å². The first-order valence-electron chi connectivity index (χ1n) is 2.84. The highest BCUT2D eigenvalue weighted by atomic mass is 14.9. The highest BCUT2D eigenvalue weighted by molar-refractivity contribution is 5.92. The van der Waals surface area contributed by atoms with Crippen molar-refractivity contribution in [3.63, 3.8) is 0 Å². The zero-order chi connectivity index (χ0) is 7.56. The van der Waals surface area contributed by atoms with Gasteiger partial charge in [0.05, 0.1) is 0 Å². The molecule has 0 unspecified atom stereocenters. The summed E-state index contributed by atoms with van der Waals surface area (Å²) in [6, 6.07) is 1.61. The maximum atomic E-state index is 7.02. The lowest BCUT2D eigenvalue weighted by Crippen LogP contribution is -2.13. The third-order valence-electron chi connectivity index (χ3n) is 1.05. The predicted molar refractivity (Wildman–Crippen MR) is 37.8 cm³/mol. The fourth-order valence-corrected chi connectivity index (χ4v) is 0.606. The number of amidine groups is 1. The summed E-state index contributed by atoms with van der Waals surface area (Å²) in [6.45, 7) is 1.76. The van der Waals surface area contributed by atoms with Crippen molar-refractivity contribution in [2.75, 3.05) is 0 Å². The fraction of sp³-hybridized carbons (Fsp3) is 0.167. The second kappa shape index (κ2) is 2.43. The van der Waals surface area contributed by atoms with Gasteiger partial charge < -0.3 is 5.73 Å². The van der Waals surface area contributed by atoms with Gasteiger partial charge in [-0.05, 0) is 13.0 Å². The Kier molecular flexibility index (Phi) is 1.62. The summed E-state index contributed by atoms with van der Waals surface area (Å²) in [5.74, 6) is 0.609. The molecule has 3 N–H and O–H groups in total. The molecule has 0 aliphatic rings. The number of nitrogens with zero attached hydrogens (tertiary/aromatic N) is 2. The summed E-state index contributed by atoms with van der Waals surface area (Å²) < 4.78 is 0. The van der Waals surface area contributed by atoms with Crippen LogP contribution in [0, 0.1) is 12.3 Å². The minimum Gasteiger partial charge on any atom is -0.382 e. The summed E-state index contributed by atoms with van der Waals surface area (Å²) in [7, 11) is 0. The van der Waals surface area contributed by atoms with Crippen LogP contribution in [0.5, 0.6) is 0 Å². The van der Waals surface area contributed by atoms with E-state index < -0.39 is 0 Å². The van der Waals surface area contributed by atoms with Crippen molar-refractivity contribution in [1.82, 2.24) is 9.97 Å². The van der Waals surface area contributed by atoms with Gasteiger partial charge in [-0.25, -0.2) is 9.97 Å². The van der Waals surface area contributed by atoms with Gasteiger partial charge in [0.15, 0.2) is 0 Å². The van der Waals surface area contributed by atoms with Crippen LogP contribution in [-0.4, -0.2) is 15.8 Å². The summed E-state index contributed by atoms with van der Waals surface area (Å²) in [5.41, 5.74) is 5.65. The first-order chi connectivity index (χ1) is 4.70. The van der Waals surface area contributed by atoms with Crippen molar-refractivity contribution >= 4 is 5.84 Å². The number of hydrogen-bond acceptors (Lipinski definition) is 3. The molecule has 0 aliphatic carbocycles. The molecule has 0 amide bonds. The van der Waals surface area contributed by atoms with Crippen LogP contribution < -0.4 is 5.73 Å². The van der Waals surface area contributed by atoms with Crippen molar-refractivity contribution in [2.45, 2.75) is 6.92 Å². The second-order valence-electron chi connectivity index (χ2n) is 1.90. The van der Waals surface area contributed by atoms with Crippen LogP contribution in [0.4, 0.5) is 0 Å². The fourth-order valence-electron chi connectivity index (χ4n) is 0.606. The molecule has 4 nitrogen and oxygen atoms in total. The summed E-state index contributed by atoms with van der Waals surface area (Å²) in [6.07, 6.45) is 1.58. The zero-order valence-corrected chi connectivity index (χ0v) is 5.63. The molecular formula is C6H8N4. The van der Waals surface area contributed by atoms with Crippen LogP contribution in [0.15, 0.2) is 12.3 Å². The summed E-state index contributed by atoms with van der Waals surface area (Å²) >= 11 is 0. The molecule has 1 aromatic heterocycles. The molecule has 1 heterocycles. The van der Waals surface area contributed by atoms with E-state index in [9.17, 15) is 0 Å². The Balaban J connectivity index is 3.07. The average molecular weight is 136 g/mol. The third-order valence-corrected chi connectivity index (χ3v) is 1.05. The number of hydrogen-bond donors (Lipinski definition) is 2. The van der Waals surface area contributed by atoms with Gasteiger partial charge in [-0.15, -0.1) is 0 Å². The molecule has 4 heteroatoms. The molecule has 0 aliphatic heterocycles. The molecule has 0 atom stereocenters. The van der Waals surface area contributed by atoms with Gasteiger partial charge in [-0.3, -0.25) is 5.41 Å². The van der Waals surface area contributed by atoms with E-state index in [0.29, 0.717) is 11.5 Å². The van der Waals surface area contributed by atoms with Gasteiger partial charge in [0, 0.05) is 6.20 Å². The van der Waals surface area contributed by atoms with Crippen LogP contribution in [0.2, 0.25) is 0 Å². The molecular weight excluding hydrogens is 128 g/mol. The lowest BCUT2D eigenvalue weighted by Gasteiger charge is -1.95. The molecule has 0 radical (unpaired) electrons. The molecule has 1 aromatic rings. The molecule has 0 bridgehead atoms. The van der Waals surface area contributed by atoms with Gasteiger partial charge in [-0.1, -0.05) is 0 Å². The van der Waals surface area contributed by atoms with Gasteiger partial charge in [0.25, 0.3) is 0 Å². The summed E-state index contributed by atoms with van der Waals surface area (Å²) in [5, 5.41) is 7.02. The monoisotopic (exact) mass is 136 g/mol. The standard InChI is InChI=1S/C6H8N4/c1-4-9-3-2-5(10-4)6(7)8/h2-3H,1H3,(H3,7,8). The lowest BCUT2D eigenvalue weighted by atomic mass is 10.4.